The fraction of sp³-hybridized carbons (Fsp3) is 0.417. The number of carbonyl (C=O) groups is 1. The lowest BCUT2D eigenvalue weighted by Gasteiger charge is -2.25. The molecule has 1 aromatic carbocycles. The highest BCUT2D eigenvalue weighted by Crippen LogP contribution is 2.20. The van der Waals surface area contributed by atoms with Crippen LogP contribution >= 0.6 is 0 Å². The zero-order chi connectivity index (χ0) is 13.1. The average Bonchev–Trinajstić information content (AvgIpc) is 2.15. The van der Waals surface area contributed by atoms with Crippen molar-refractivity contribution in [2.24, 2.45) is 0 Å². The largest absolute Gasteiger partial charge is 0.507 e. The molecular formula is C12H16FNO3. The number of nitrogens with one attached hydrogen (secondary N) is 1. The van der Waals surface area contributed by atoms with Crippen molar-refractivity contribution in [3.63, 3.8) is 0 Å². The molecule has 0 atom stereocenters. The maximum atomic E-state index is 13.4. The van der Waals surface area contributed by atoms with Crippen LogP contribution in [0.5, 0.6) is 5.75 Å². The minimum absolute atomic E-state index is 0.0868. The Balaban J connectivity index is 2.91. The Kier molecular flexibility index (Phi) is 4.07. The van der Waals surface area contributed by atoms with Gasteiger partial charge in [-0.1, -0.05) is 6.07 Å². The number of halogens is 1. The van der Waals surface area contributed by atoms with Crippen LogP contribution in [0.3, 0.4) is 0 Å². The molecule has 1 aromatic rings. The summed E-state index contributed by atoms with van der Waals surface area (Å²) in [4.78, 5) is 11.8. The standard InChI is InChI=1S/C12H16FNO3/c1-12(2,6-7-15)14-11(17)10-8(13)4-3-5-9(10)16/h3-5,15-16H,6-7H2,1-2H3,(H,14,17). The van der Waals surface area contributed by atoms with Gasteiger partial charge in [0.15, 0.2) is 0 Å². The first-order valence-corrected chi connectivity index (χ1v) is 5.28. The molecule has 0 bridgehead atoms. The van der Waals surface area contributed by atoms with Crippen LogP contribution in [0.4, 0.5) is 4.39 Å². The first kappa shape index (κ1) is 13.4. The van der Waals surface area contributed by atoms with E-state index in [1.165, 1.54) is 12.1 Å². The van der Waals surface area contributed by atoms with Gasteiger partial charge in [-0.05, 0) is 32.4 Å². The SMILES string of the molecule is CC(C)(CCO)NC(=O)c1c(O)cccc1F. The summed E-state index contributed by atoms with van der Waals surface area (Å²) < 4.78 is 13.4. The predicted octanol–water partition coefficient (Wildman–Crippen LogP) is 1.42. The maximum absolute atomic E-state index is 13.4. The monoisotopic (exact) mass is 241 g/mol. The Morgan fingerprint density at radius 1 is 1.47 bits per heavy atom. The number of carbonyl (C=O) groups excluding carboxylic acids is 1. The normalized spacial score (nSPS) is 11.3. The Bertz CT molecular complexity index is 398. The Hall–Kier alpha value is -1.62. The molecule has 5 heteroatoms. The minimum atomic E-state index is -0.776. The van der Waals surface area contributed by atoms with Crippen molar-refractivity contribution in [3.05, 3.63) is 29.6 Å². The number of aliphatic hydroxyl groups is 1. The predicted molar refractivity (Wildman–Crippen MR) is 61.3 cm³/mol. The third kappa shape index (κ3) is 3.42. The van der Waals surface area contributed by atoms with Crippen molar-refractivity contribution in [2.75, 3.05) is 6.61 Å². The molecule has 4 nitrogen and oxygen atoms in total. The van der Waals surface area contributed by atoms with Gasteiger partial charge in [0.2, 0.25) is 0 Å². The van der Waals surface area contributed by atoms with Crippen LogP contribution in [0.15, 0.2) is 18.2 Å². The number of rotatable bonds is 4. The lowest BCUT2D eigenvalue weighted by Crippen LogP contribution is -2.44. The van der Waals surface area contributed by atoms with Gasteiger partial charge in [-0.25, -0.2) is 4.39 Å². The molecule has 94 valence electrons. The van der Waals surface area contributed by atoms with Crippen LogP contribution in [0.1, 0.15) is 30.6 Å². The second kappa shape index (κ2) is 5.14. The molecule has 0 saturated carbocycles. The van der Waals surface area contributed by atoms with Crippen LogP contribution in [0.25, 0.3) is 0 Å². The zero-order valence-corrected chi connectivity index (χ0v) is 9.83. The van der Waals surface area contributed by atoms with Crippen molar-refractivity contribution in [1.82, 2.24) is 5.32 Å². The van der Waals surface area contributed by atoms with E-state index < -0.39 is 23.0 Å². The van der Waals surface area contributed by atoms with Crippen LogP contribution in [-0.4, -0.2) is 28.3 Å². The van der Waals surface area contributed by atoms with Gasteiger partial charge in [0.25, 0.3) is 5.91 Å². The molecule has 0 fully saturated rings. The van der Waals surface area contributed by atoms with Gasteiger partial charge in [0.05, 0.1) is 0 Å². The molecule has 0 radical (unpaired) electrons. The fourth-order valence-electron chi connectivity index (χ4n) is 1.45. The summed E-state index contributed by atoms with van der Waals surface area (Å²) in [7, 11) is 0. The summed E-state index contributed by atoms with van der Waals surface area (Å²) in [6.07, 6.45) is 0.341. The second-order valence-electron chi connectivity index (χ2n) is 4.45. The second-order valence-corrected chi connectivity index (χ2v) is 4.45. The van der Waals surface area contributed by atoms with Gasteiger partial charge in [-0.3, -0.25) is 4.79 Å². The molecule has 0 heterocycles. The number of amides is 1. The van der Waals surface area contributed by atoms with Gasteiger partial charge in [-0.2, -0.15) is 0 Å². The molecule has 0 unspecified atom stereocenters. The smallest absolute Gasteiger partial charge is 0.258 e. The van der Waals surface area contributed by atoms with E-state index in [4.69, 9.17) is 5.11 Å². The molecule has 0 aliphatic heterocycles. The maximum Gasteiger partial charge on any atom is 0.258 e. The summed E-state index contributed by atoms with van der Waals surface area (Å²) in [5, 5.41) is 20.8. The van der Waals surface area contributed by atoms with Crippen molar-refractivity contribution < 1.29 is 19.4 Å². The van der Waals surface area contributed by atoms with Gasteiger partial charge in [-0.15, -0.1) is 0 Å². The number of hydrogen-bond acceptors (Lipinski definition) is 3. The number of phenolic OH excluding ortho intramolecular Hbond substituents is 1. The van der Waals surface area contributed by atoms with E-state index in [-0.39, 0.29) is 12.2 Å². The molecule has 0 aromatic heterocycles. The number of phenols is 1. The first-order chi connectivity index (χ1) is 7.87. The third-order valence-corrected chi connectivity index (χ3v) is 2.41. The Morgan fingerprint density at radius 3 is 2.65 bits per heavy atom. The van der Waals surface area contributed by atoms with Crippen LogP contribution in [0.2, 0.25) is 0 Å². The highest BCUT2D eigenvalue weighted by atomic mass is 19.1. The Labute approximate surface area is 99.1 Å². The highest BCUT2D eigenvalue weighted by molar-refractivity contribution is 5.97. The van der Waals surface area contributed by atoms with Gasteiger partial charge >= 0.3 is 0 Å². The number of aliphatic hydroxyl groups excluding tert-OH is 1. The number of hydrogen-bond donors (Lipinski definition) is 3. The lowest BCUT2D eigenvalue weighted by molar-refractivity contribution is 0.0892. The van der Waals surface area contributed by atoms with Crippen molar-refractivity contribution in [2.45, 2.75) is 25.8 Å². The van der Waals surface area contributed by atoms with E-state index in [0.29, 0.717) is 6.42 Å². The molecule has 0 aliphatic rings. The molecule has 17 heavy (non-hydrogen) atoms. The van der Waals surface area contributed by atoms with Gasteiger partial charge in [0.1, 0.15) is 17.1 Å². The van der Waals surface area contributed by atoms with E-state index in [1.807, 2.05) is 0 Å². The van der Waals surface area contributed by atoms with Crippen LogP contribution < -0.4 is 5.32 Å². The van der Waals surface area contributed by atoms with Crippen molar-refractivity contribution in [1.29, 1.82) is 0 Å². The topological polar surface area (TPSA) is 69.6 Å². The molecule has 1 rings (SSSR count). The van der Waals surface area contributed by atoms with E-state index in [1.54, 1.807) is 13.8 Å². The van der Waals surface area contributed by atoms with Crippen molar-refractivity contribution >= 4 is 5.91 Å². The summed E-state index contributed by atoms with van der Waals surface area (Å²) in [6, 6.07) is 3.67. The van der Waals surface area contributed by atoms with Crippen LogP contribution in [-0.2, 0) is 0 Å². The molecule has 1 amide bonds. The third-order valence-electron chi connectivity index (χ3n) is 2.41. The molecule has 0 saturated heterocycles. The molecule has 3 N–H and O–H groups in total. The Morgan fingerprint density at radius 2 is 2.12 bits per heavy atom. The summed E-state index contributed by atoms with van der Waals surface area (Å²) in [6.45, 7) is 3.33. The van der Waals surface area contributed by atoms with E-state index >= 15 is 0 Å². The highest BCUT2D eigenvalue weighted by Gasteiger charge is 2.24. The average molecular weight is 241 g/mol. The lowest BCUT2D eigenvalue weighted by atomic mass is 10.0. The van der Waals surface area contributed by atoms with Crippen molar-refractivity contribution in [3.8, 4) is 5.75 Å². The number of aromatic hydroxyl groups is 1. The number of benzene rings is 1. The minimum Gasteiger partial charge on any atom is -0.507 e. The van der Waals surface area contributed by atoms with E-state index in [9.17, 15) is 14.3 Å². The molecular weight excluding hydrogens is 225 g/mol. The zero-order valence-electron chi connectivity index (χ0n) is 9.83. The fourth-order valence-corrected chi connectivity index (χ4v) is 1.45. The molecule has 0 spiro atoms. The molecule has 0 aliphatic carbocycles. The van der Waals surface area contributed by atoms with Gasteiger partial charge in [0, 0.05) is 12.1 Å². The van der Waals surface area contributed by atoms with E-state index in [0.717, 1.165) is 6.07 Å². The summed E-state index contributed by atoms with van der Waals surface area (Å²) in [5.41, 5.74) is -1.04. The quantitative estimate of drug-likeness (QED) is 0.746. The van der Waals surface area contributed by atoms with Gasteiger partial charge < -0.3 is 15.5 Å². The summed E-state index contributed by atoms with van der Waals surface area (Å²) in [5.74, 6) is -1.87. The van der Waals surface area contributed by atoms with Crippen LogP contribution in [0, 0.1) is 5.82 Å². The summed E-state index contributed by atoms with van der Waals surface area (Å²) >= 11 is 0. The first-order valence-electron chi connectivity index (χ1n) is 5.28. The van der Waals surface area contributed by atoms with E-state index in [2.05, 4.69) is 5.32 Å².